The van der Waals surface area contributed by atoms with Crippen molar-refractivity contribution < 1.29 is 35.4 Å². The minimum absolute atomic E-state index is 0.126. The zero-order valence-electron chi connectivity index (χ0n) is 19.0. The van der Waals surface area contributed by atoms with Gasteiger partial charge in [0.1, 0.15) is 5.60 Å². The van der Waals surface area contributed by atoms with Gasteiger partial charge in [0, 0.05) is 0 Å². The number of hydrogen-bond donors (Lipinski definition) is 0. The van der Waals surface area contributed by atoms with Gasteiger partial charge < -0.3 is 9.64 Å². The van der Waals surface area contributed by atoms with Crippen LogP contribution in [0.25, 0.3) is 22.2 Å². The molecule has 4 heterocycles. The molecule has 1 saturated heterocycles. The number of carbonyl (C=O) groups is 1. The second-order valence-corrected chi connectivity index (χ2v) is 10.9. The summed E-state index contributed by atoms with van der Waals surface area (Å²) in [6.07, 6.45) is 5.28. The third-order valence-electron chi connectivity index (χ3n) is 5.37. The summed E-state index contributed by atoms with van der Waals surface area (Å²) in [5.41, 5.74) is 3.17. The summed E-state index contributed by atoms with van der Waals surface area (Å²) in [6, 6.07) is 3.58. The van der Waals surface area contributed by atoms with Crippen LogP contribution in [-0.2, 0) is 4.74 Å². The Kier molecular flexibility index (Phi) is 6.28. The Hall–Kier alpha value is -2.43. The molecule has 3 aromatic heterocycles. The van der Waals surface area contributed by atoms with Gasteiger partial charge in [0.25, 0.3) is 0 Å². The van der Waals surface area contributed by atoms with Gasteiger partial charge in [0.05, 0.1) is 0 Å². The van der Waals surface area contributed by atoms with Gasteiger partial charge in [-0.05, 0) is 20.8 Å². The molecular formula is C23H28FIN5O2-. The van der Waals surface area contributed by atoms with Crippen LogP contribution in [0, 0.1) is 12.7 Å². The Morgan fingerprint density at radius 1 is 1.09 bits per heavy atom. The third kappa shape index (κ3) is 4.67. The van der Waals surface area contributed by atoms with E-state index in [0.29, 0.717) is 37.6 Å². The summed E-state index contributed by atoms with van der Waals surface area (Å²) in [5, 5.41) is 1.09. The fourth-order valence-electron chi connectivity index (χ4n) is 3.75. The van der Waals surface area contributed by atoms with Gasteiger partial charge in [-0.15, -0.1) is 0 Å². The summed E-state index contributed by atoms with van der Waals surface area (Å²) in [4.78, 5) is 27.0. The van der Waals surface area contributed by atoms with Crippen molar-refractivity contribution in [1.82, 2.24) is 17.6 Å². The molecule has 0 N–H and O–H groups in total. The van der Waals surface area contributed by atoms with Gasteiger partial charge in [-0.25, -0.2) is 4.79 Å². The normalized spacial score (nSPS) is 14.9. The van der Waals surface area contributed by atoms with E-state index >= 15 is 4.39 Å². The molecule has 0 aromatic carbocycles. The molecule has 0 unspecified atom stereocenters. The van der Waals surface area contributed by atoms with E-state index in [0.717, 1.165) is 16.6 Å². The zero-order chi connectivity index (χ0) is 23.0. The van der Waals surface area contributed by atoms with Gasteiger partial charge in [-0.1, -0.05) is 0 Å². The SMILES string of the molecule is C[I-]n1cc(C)c2cc(-c3cnc(N4CCN(C(=O)OC(C)(C)C)CC4)c(F)c3)cnc21. The number of alkyl halides is 1. The number of amides is 1. The van der Waals surface area contributed by atoms with E-state index in [2.05, 4.69) is 36.9 Å². The molecule has 0 saturated carbocycles. The fourth-order valence-corrected chi connectivity index (χ4v) is 5.29. The number of nitrogens with zero attached hydrogens (tertiary/aromatic N) is 5. The average molecular weight is 552 g/mol. The maximum atomic E-state index is 15.0. The average Bonchev–Trinajstić information content (AvgIpc) is 3.08. The molecule has 9 heteroatoms. The number of piperazine rings is 1. The maximum absolute atomic E-state index is 15.0. The number of pyridine rings is 2. The third-order valence-corrected chi connectivity index (χ3v) is 7.14. The van der Waals surface area contributed by atoms with Gasteiger partial charge in [0.2, 0.25) is 0 Å². The molecular weight excluding hydrogens is 524 g/mol. The Morgan fingerprint density at radius 3 is 2.38 bits per heavy atom. The Bertz CT molecular complexity index is 1150. The molecule has 0 aliphatic carbocycles. The molecule has 172 valence electrons. The molecule has 0 bridgehead atoms. The van der Waals surface area contributed by atoms with Crippen LogP contribution in [0.2, 0.25) is 0 Å². The van der Waals surface area contributed by atoms with Crippen molar-refractivity contribution in [2.24, 2.45) is 0 Å². The summed E-state index contributed by atoms with van der Waals surface area (Å²) >= 11 is -0.126. The number of fused-ring (bicyclic) bond motifs is 1. The van der Waals surface area contributed by atoms with E-state index < -0.39 is 5.60 Å². The molecule has 1 aliphatic rings. The first-order valence-corrected chi connectivity index (χ1v) is 13.6. The van der Waals surface area contributed by atoms with Crippen LogP contribution < -0.4 is 26.4 Å². The number of ether oxygens (including phenoxy) is 1. The van der Waals surface area contributed by atoms with Crippen molar-refractivity contribution in [2.75, 3.05) is 36.0 Å². The molecule has 7 nitrogen and oxygen atoms in total. The second-order valence-electron chi connectivity index (χ2n) is 8.87. The van der Waals surface area contributed by atoms with Crippen LogP contribution in [0.5, 0.6) is 0 Å². The predicted molar refractivity (Wildman–Crippen MR) is 119 cm³/mol. The van der Waals surface area contributed by atoms with Crippen molar-refractivity contribution in [3.8, 4) is 11.1 Å². The van der Waals surface area contributed by atoms with Crippen molar-refractivity contribution >= 4 is 22.9 Å². The van der Waals surface area contributed by atoms with Crippen LogP contribution in [-0.4, -0.2) is 60.5 Å². The molecule has 1 amide bonds. The van der Waals surface area contributed by atoms with E-state index in [-0.39, 0.29) is 33.4 Å². The summed E-state index contributed by atoms with van der Waals surface area (Å²) < 4.78 is 22.7. The second kappa shape index (κ2) is 8.84. The number of hydrogen-bond acceptors (Lipinski definition) is 5. The van der Waals surface area contributed by atoms with Crippen molar-refractivity contribution in [1.29, 1.82) is 0 Å². The quantitative estimate of drug-likeness (QED) is 0.360. The zero-order valence-corrected chi connectivity index (χ0v) is 21.2. The first-order chi connectivity index (χ1) is 15.2. The van der Waals surface area contributed by atoms with E-state index in [1.54, 1.807) is 17.3 Å². The fraction of sp³-hybridized carbons (Fsp3) is 0.435. The molecule has 1 aliphatic heterocycles. The number of aryl methyl sites for hydroxylation is 1. The summed E-state index contributed by atoms with van der Waals surface area (Å²) in [7, 11) is 0. The first-order valence-electron chi connectivity index (χ1n) is 10.5. The Balaban J connectivity index is 1.49. The molecule has 3 aromatic rings. The van der Waals surface area contributed by atoms with E-state index in [9.17, 15) is 4.79 Å². The van der Waals surface area contributed by atoms with Crippen molar-refractivity contribution in [3.05, 3.63) is 42.1 Å². The Morgan fingerprint density at radius 2 is 1.75 bits per heavy atom. The molecule has 4 rings (SSSR count). The van der Waals surface area contributed by atoms with Crippen LogP contribution in [0.1, 0.15) is 26.3 Å². The van der Waals surface area contributed by atoms with E-state index in [1.165, 1.54) is 11.6 Å². The van der Waals surface area contributed by atoms with Gasteiger partial charge in [0.15, 0.2) is 0 Å². The molecule has 0 radical (unpaired) electrons. The number of rotatable bonds is 3. The topological polar surface area (TPSA) is 63.5 Å². The number of carbonyl (C=O) groups excluding carboxylic acids is 1. The number of aromatic nitrogens is 3. The van der Waals surface area contributed by atoms with Crippen LogP contribution in [0.15, 0.2) is 30.7 Å². The van der Waals surface area contributed by atoms with Crippen LogP contribution >= 0.6 is 0 Å². The van der Waals surface area contributed by atoms with Gasteiger partial charge in [-0.2, -0.15) is 0 Å². The van der Waals surface area contributed by atoms with Crippen LogP contribution in [0.4, 0.5) is 15.0 Å². The molecule has 0 atom stereocenters. The minimum atomic E-state index is -0.533. The van der Waals surface area contributed by atoms with E-state index in [1.807, 2.05) is 25.7 Å². The van der Waals surface area contributed by atoms with Gasteiger partial charge >= 0.3 is 158 Å². The van der Waals surface area contributed by atoms with Crippen molar-refractivity contribution in [3.63, 3.8) is 0 Å². The monoisotopic (exact) mass is 552 g/mol. The van der Waals surface area contributed by atoms with Crippen LogP contribution in [0.3, 0.4) is 0 Å². The predicted octanol–water partition coefficient (Wildman–Crippen LogP) is 1.08. The van der Waals surface area contributed by atoms with E-state index in [4.69, 9.17) is 4.74 Å². The number of halogens is 2. The first kappa shape index (κ1) is 22.8. The molecule has 1 fully saturated rings. The summed E-state index contributed by atoms with van der Waals surface area (Å²) in [6.45, 7) is 9.55. The Labute approximate surface area is 198 Å². The molecule has 0 spiro atoms. The molecule has 32 heavy (non-hydrogen) atoms. The van der Waals surface area contributed by atoms with Gasteiger partial charge in [-0.3, -0.25) is 0 Å². The van der Waals surface area contributed by atoms with Crippen molar-refractivity contribution in [2.45, 2.75) is 33.3 Å². The standard InChI is InChI=1S/C23H28FIN5O2/c1-15-14-30(25-5)20-18(15)10-16(12-26-20)17-11-19(24)21(27-13-17)28-6-8-29(9-7-28)22(31)32-23(2,3)4/h10-14H,6-9H2,1-5H3/q-1. The number of anilines is 1. The summed E-state index contributed by atoms with van der Waals surface area (Å²) in [5.74, 6) is -0.0632.